The molecule has 3 aromatic heterocycles. The number of aromatic amines is 1. The average Bonchev–Trinajstić information content (AvgIpc) is 3.23. The molecular formula is C15H12N4O3S. The molecule has 0 fully saturated rings. The van der Waals surface area contributed by atoms with E-state index >= 15 is 0 Å². The Balaban J connectivity index is 1.60. The molecule has 23 heavy (non-hydrogen) atoms. The molecule has 3 aromatic rings. The number of nitrogens with one attached hydrogen (secondary N) is 2. The minimum Gasteiger partial charge on any atom is -0.343 e. The lowest BCUT2D eigenvalue weighted by Gasteiger charge is -1.96. The van der Waals surface area contributed by atoms with E-state index in [4.69, 9.17) is 4.52 Å². The molecular weight excluding hydrogens is 316 g/mol. The molecule has 1 amide bonds. The van der Waals surface area contributed by atoms with Gasteiger partial charge in [0.15, 0.2) is 0 Å². The first-order valence-corrected chi connectivity index (χ1v) is 7.60. The topological polar surface area (TPSA) is 101 Å². The van der Waals surface area contributed by atoms with Crippen molar-refractivity contribution in [1.82, 2.24) is 20.4 Å². The van der Waals surface area contributed by atoms with Crippen LogP contribution in [0.3, 0.4) is 0 Å². The summed E-state index contributed by atoms with van der Waals surface area (Å²) >= 11 is 1.54. The second kappa shape index (κ2) is 6.84. The monoisotopic (exact) mass is 328 g/mol. The van der Waals surface area contributed by atoms with Crippen molar-refractivity contribution in [3.63, 3.8) is 0 Å². The highest BCUT2D eigenvalue weighted by atomic mass is 32.1. The quantitative estimate of drug-likeness (QED) is 0.696. The van der Waals surface area contributed by atoms with E-state index in [1.165, 1.54) is 12.3 Å². The molecule has 116 valence electrons. The Kier molecular flexibility index (Phi) is 4.44. The Labute approximate surface area is 134 Å². The number of H-pyrrole nitrogens is 1. The molecule has 2 N–H and O–H groups in total. The van der Waals surface area contributed by atoms with Gasteiger partial charge in [-0.2, -0.15) is 4.98 Å². The molecule has 0 spiro atoms. The van der Waals surface area contributed by atoms with Gasteiger partial charge in [-0.05, 0) is 29.7 Å². The van der Waals surface area contributed by atoms with Gasteiger partial charge in [-0.25, -0.2) is 0 Å². The third-order valence-corrected chi connectivity index (χ3v) is 3.72. The second-order valence-corrected chi connectivity index (χ2v) is 5.47. The number of carbonyl (C=O) groups is 1. The third kappa shape index (κ3) is 3.80. The summed E-state index contributed by atoms with van der Waals surface area (Å²) in [5, 5.41) is 8.31. The van der Waals surface area contributed by atoms with E-state index in [0.717, 1.165) is 4.88 Å². The number of thiophene rings is 1. The number of hydrogen-bond acceptors (Lipinski definition) is 6. The summed E-state index contributed by atoms with van der Waals surface area (Å²) in [6, 6.07) is 7.09. The Morgan fingerprint density at radius 3 is 3.09 bits per heavy atom. The predicted octanol–water partition coefficient (Wildman–Crippen LogP) is 1.82. The molecule has 0 aromatic carbocycles. The average molecular weight is 328 g/mol. The Bertz CT molecular complexity index is 880. The fraction of sp³-hybridized carbons (Fsp3) is 0.0667. The van der Waals surface area contributed by atoms with Crippen LogP contribution < -0.4 is 10.9 Å². The van der Waals surface area contributed by atoms with E-state index in [-0.39, 0.29) is 29.7 Å². The van der Waals surface area contributed by atoms with Gasteiger partial charge < -0.3 is 14.8 Å². The fourth-order valence-electron chi connectivity index (χ4n) is 1.80. The van der Waals surface area contributed by atoms with Gasteiger partial charge in [0.05, 0.1) is 12.1 Å². The van der Waals surface area contributed by atoms with Crippen LogP contribution in [0.15, 0.2) is 51.2 Å². The highest BCUT2D eigenvalue weighted by molar-refractivity contribution is 7.10. The normalized spacial score (nSPS) is 11.0. The number of carbonyl (C=O) groups excluding carboxylic acids is 1. The van der Waals surface area contributed by atoms with Gasteiger partial charge in [-0.15, -0.1) is 11.3 Å². The van der Waals surface area contributed by atoms with Gasteiger partial charge in [-0.3, -0.25) is 9.59 Å². The summed E-state index contributed by atoms with van der Waals surface area (Å²) in [5.74, 6) is 0.141. The van der Waals surface area contributed by atoms with Crippen molar-refractivity contribution in [2.45, 2.75) is 6.54 Å². The van der Waals surface area contributed by atoms with Crippen LogP contribution >= 0.6 is 11.3 Å². The molecule has 0 saturated heterocycles. The lowest BCUT2D eigenvalue weighted by atomic mass is 10.3. The van der Waals surface area contributed by atoms with Gasteiger partial charge in [0.1, 0.15) is 0 Å². The van der Waals surface area contributed by atoms with Crippen LogP contribution in [0.1, 0.15) is 10.8 Å². The highest BCUT2D eigenvalue weighted by Gasteiger charge is 2.11. The summed E-state index contributed by atoms with van der Waals surface area (Å²) in [7, 11) is 0. The molecule has 8 heteroatoms. The molecule has 0 aliphatic carbocycles. The number of rotatable bonds is 5. The van der Waals surface area contributed by atoms with Crippen LogP contribution in [0.2, 0.25) is 0 Å². The van der Waals surface area contributed by atoms with Gasteiger partial charge in [0.25, 0.3) is 5.56 Å². The van der Waals surface area contributed by atoms with Crippen molar-refractivity contribution in [3.05, 3.63) is 63.0 Å². The van der Waals surface area contributed by atoms with E-state index in [0.29, 0.717) is 5.56 Å². The Morgan fingerprint density at radius 2 is 2.30 bits per heavy atom. The first-order valence-electron chi connectivity index (χ1n) is 6.72. The number of hydrogen-bond donors (Lipinski definition) is 2. The highest BCUT2D eigenvalue weighted by Crippen LogP contribution is 2.11. The fourth-order valence-corrected chi connectivity index (χ4v) is 2.42. The van der Waals surface area contributed by atoms with Crippen molar-refractivity contribution in [2.75, 3.05) is 0 Å². The van der Waals surface area contributed by atoms with Crippen LogP contribution in [0.4, 0.5) is 0 Å². The summed E-state index contributed by atoms with van der Waals surface area (Å²) in [6.07, 6.45) is 4.68. The number of pyridine rings is 1. The standard InChI is InChI=1S/C15H12N4O3S/c20-12(6-5-10-3-2-8-23-10)17-9-13-18-14(19-22-13)11-4-1-7-16-15(11)21/h1-8H,9H2,(H,16,21)(H,17,20)/b6-5-. The van der Waals surface area contributed by atoms with E-state index in [9.17, 15) is 9.59 Å². The lowest BCUT2D eigenvalue weighted by molar-refractivity contribution is -0.116. The molecule has 0 radical (unpaired) electrons. The van der Waals surface area contributed by atoms with Crippen LogP contribution in [0, 0.1) is 0 Å². The van der Waals surface area contributed by atoms with Crippen molar-refractivity contribution in [3.8, 4) is 11.4 Å². The molecule has 3 rings (SSSR count). The summed E-state index contributed by atoms with van der Waals surface area (Å²) < 4.78 is 5.02. The largest absolute Gasteiger partial charge is 0.343 e. The molecule has 0 aliphatic heterocycles. The maximum Gasteiger partial charge on any atom is 0.259 e. The lowest BCUT2D eigenvalue weighted by Crippen LogP contribution is -2.20. The molecule has 0 atom stereocenters. The van der Waals surface area contributed by atoms with Crippen molar-refractivity contribution in [2.24, 2.45) is 0 Å². The maximum absolute atomic E-state index is 11.7. The van der Waals surface area contributed by atoms with Crippen LogP contribution in [0.25, 0.3) is 17.5 Å². The summed E-state index contributed by atoms with van der Waals surface area (Å²) in [5.41, 5.74) is 0.00850. The van der Waals surface area contributed by atoms with E-state index in [1.807, 2.05) is 17.5 Å². The zero-order chi connectivity index (χ0) is 16.1. The van der Waals surface area contributed by atoms with Gasteiger partial charge >= 0.3 is 0 Å². The van der Waals surface area contributed by atoms with Gasteiger partial charge in [-0.1, -0.05) is 11.2 Å². The van der Waals surface area contributed by atoms with Crippen LogP contribution in [0.5, 0.6) is 0 Å². The summed E-state index contributed by atoms with van der Waals surface area (Å²) in [6.45, 7) is 0.0886. The molecule has 0 bridgehead atoms. The van der Waals surface area contributed by atoms with Gasteiger partial charge in [0, 0.05) is 17.2 Å². The molecule has 7 nitrogen and oxygen atoms in total. The van der Waals surface area contributed by atoms with Crippen LogP contribution in [-0.4, -0.2) is 21.0 Å². The molecule has 0 unspecified atom stereocenters. The van der Waals surface area contributed by atoms with Crippen molar-refractivity contribution >= 4 is 23.3 Å². The Hall–Kier alpha value is -3.00. The molecule has 0 saturated carbocycles. The minimum absolute atomic E-state index is 0.0886. The maximum atomic E-state index is 11.7. The SMILES string of the molecule is O=C(/C=C\c1cccs1)NCc1nc(-c2ccc[nH]c2=O)no1. The minimum atomic E-state index is -0.303. The van der Waals surface area contributed by atoms with Crippen molar-refractivity contribution < 1.29 is 9.32 Å². The zero-order valence-corrected chi connectivity index (χ0v) is 12.7. The molecule has 3 heterocycles. The predicted molar refractivity (Wildman–Crippen MR) is 85.6 cm³/mol. The number of nitrogens with zero attached hydrogens (tertiary/aromatic N) is 2. The summed E-state index contributed by atoms with van der Waals surface area (Å²) in [4.78, 5) is 31.0. The third-order valence-electron chi connectivity index (χ3n) is 2.88. The van der Waals surface area contributed by atoms with E-state index < -0.39 is 0 Å². The number of aromatic nitrogens is 3. The van der Waals surface area contributed by atoms with Crippen LogP contribution in [-0.2, 0) is 11.3 Å². The smallest absolute Gasteiger partial charge is 0.259 e. The first-order chi connectivity index (χ1) is 11.2. The second-order valence-electron chi connectivity index (χ2n) is 4.49. The van der Waals surface area contributed by atoms with Gasteiger partial charge in [0.2, 0.25) is 17.6 Å². The zero-order valence-electron chi connectivity index (χ0n) is 11.9. The number of amides is 1. The van der Waals surface area contributed by atoms with E-state index in [1.54, 1.807) is 29.5 Å². The molecule has 0 aliphatic rings. The Morgan fingerprint density at radius 1 is 1.39 bits per heavy atom. The van der Waals surface area contributed by atoms with Crippen molar-refractivity contribution in [1.29, 1.82) is 0 Å². The first kappa shape index (κ1) is 14.9. The van der Waals surface area contributed by atoms with E-state index in [2.05, 4.69) is 20.4 Å².